The first-order valence-electron chi connectivity index (χ1n) is 24.1. The van der Waals surface area contributed by atoms with Crippen LogP contribution in [0, 0.1) is 0 Å². The lowest BCUT2D eigenvalue weighted by Gasteiger charge is -2.26. The first-order chi connectivity index (χ1) is 36.1. The predicted octanol–water partition coefficient (Wildman–Crippen LogP) is 1.30. The number of nitrogens with zero attached hydrogens (tertiary/aromatic N) is 1. The van der Waals surface area contributed by atoms with Crippen LogP contribution < -0.4 is 43.8 Å². The molecule has 17 N–H and O–H groups in total. The van der Waals surface area contributed by atoms with Crippen LogP contribution in [0.2, 0.25) is 0 Å². The number of aromatic amines is 3. The van der Waals surface area contributed by atoms with E-state index in [0.717, 1.165) is 53.7 Å². The van der Waals surface area contributed by atoms with E-state index in [-0.39, 0.29) is 32.1 Å². The number of carboxylic acids is 3. The van der Waals surface area contributed by atoms with E-state index in [1.54, 1.807) is 42.9 Å². The average Bonchev–Trinajstić information content (AvgIpc) is 4.13. The van der Waals surface area contributed by atoms with Gasteiger partial charge in [0.15, 0.2) is 0 Å². The predicted molar refractivity (Wildman–Crippen MR) is 282 cm³/mol. The van der Waals surface area contributed by atoms with Gasteiger partial charge in [0.2, 0.25) is 35.4 Å². The molecule has 0 saturated carbocycles. The summed E-state index contributed by atoms with van der Waals surface area (Å²) in [4.78, 5) is 123. The SMILES string of the molecule is CC(=O)O.CC(=O)O.CC(=O)O.C[C@H](NC(=O)[C@@H](Cc1c[nH]c2ccccc12)NC(=O)[C@@H](N)Cc1cnc[nH]1)C(=O)N[C@@H](Cc1c[nH]c2ccccc12)C(=O)N[C@H](Cc1ccccc1)C(=O)N[C@@H](CCCCN)C(N)=O. The molecule has 3 aromatic heterocycles. The number of carbonyl (C=O) groups is 9. The maximum absolute atomic E-state index is 14.4. The summed E-state index contributed by atoms with van der Waals surface area (Å²) in [6, 6.07) is 17.2. The Morgan fingerprint density at radius 2 is 0.987 bits per heavy atom. The molecule has 24 nitrogen and oxygen atoms in total. The monoisotopic (exact) mass is 1050 g/mol. The van der Waals surface area contributed by atoms with E-state index in [2.05, 4.69) is 46.5 Å². The highest BCUT2D eigenvalue weighted by molar-refractivity contribution is 5.97. The maximum atomic E-state index is 14.4. The fraction of sp³-hybridized carbons (Fsp3) is 0.346. The van der Waals surface area contributed by atoms with Crippen LogP contribution in [0.1, 0.15) is 69.3 Å². The lowest BCUT2D eigenvalue weighted by Crippen LogP contribution is -2.59. The molecule has 0 bridgehead atoms. The van der Waals surface area contributed by atoms with Gasteiger partial charge >= 0.3 is 0 Å². The van der Waals surface area contributed by atoms with E-state index < -0.39 is 89.6 Å². The van der Waals surface area contributed by atoms with Crippen molar-refractivity contribution >= 4 is 75.2 Å². The second-order valence-corrected chi connectivity index (χ2v) is 17.4. The minimum atomic E-state index is -1.25. The number of H-pyrrole nitrogens is 3. The van der Waals surface area contributed by atoms with Crippen LogP contribution in [0.4, 0.5) is 0 Å². The van der Waals surface area contributed by atoms with E-state index in [1.165, 1.54) is 13.3 Å². The molecule has 3 aromatic carbocycles. The van der Waals surface area contributed by atoms with E-state index in [4.69, 9.17) is 46.9 Å². The van der Waals surface area contributed by atoms with E-state index in [1.807, 2.05) is 54.6 Å². The summed E-state index contributed by atoms with van der Waals surface area (Å²) in [7, 11) is 0. The van der Waals surface area contributed by atoms with Gasteiger partial charge in [0.25, 0.3) is 17.9 Å². The third-order valence-corrected chi connectivity index (χ3v) is 11.1. The number of unbranched alkanes of at least 4 members (excludes halogenated alkanes) is 1. The number of aliphatic carboxylic acids is 3. The summed E-state index contributed by atoms with van der Waals surface area (Å²) in [5.74, 6) is -6.52. The zero-order valence-corrected chi connectivity index (χ0v) is 42.6. The molecule has 6 rings (SSSR count). The average molecular weight is 1050 g/mol. The molecular weight excluding hydrogens is 985 g/mol. The second-order valence-electron chi connectivity index (χ2n) is 17.4. The third kappa shape index (κ3) is 21.7. The first-order valence-corrected chi connectivity index (χ1v) is 24.1. The summed E-state index contributed by atoms with van der Waals surface area (Å²) >= 11 is 0. The number of fused-ring (bicyclic) bond motifs is 2. The summed E-state index contributed by atoms with van der Waals surface area (Å²) in [5.41, 5.74) is 22.0. The molecule has 0 spiro atoms. The molecule has 0 unspecified atom stereocenters. The molecule has 3 heterocycles. The van der Waals surface area contributed by atoms with Gasteiger partial charge in [0.1, 0.15) is 30.2 Å². The van der Waals surface area contributed by atoms with Crippen molar-refractivity contribution in [1.82, 2.24) is 46.5 Å². The summed E-state index contributed by atoms with van der Waals surface area (Å²) < 4.78 is 0. The summed E-state index contributed by atoms with van der Waals surface area (Å²) in [6.45, 7) is 5.12. The number of benzene rings is 3. The number of hydrogen-bond acceptors (Lipinski definition) is 12. The van der Waals surface area contributed by atoms with Gasteiger partial charge in [-0.05, 0) is 61.6 Å². The van der Waals surface area contributed by atoms with Crippen LogP contribution in [0.25, 0.3) is 21.8 Å². The molecule has 6 atom stereocenters. The Morgan fingerprint density at radius 1 is 0.553 bits per heavy atom. The van der Waals surface area contributed by atoms with Gasteiger partial charge in [-0.25, -0.2) is 4.98 Å². The maximum Gasteiger partial charge on any atom is 0.300 e. The number of carbonyl (C=O) groups excluding carboxylic acids is 6. The Kier molecular flexibility index (Phi) is 25.6. The van der Waals surface area contributed by atoms with Gasteiger partial charge in [0, 0.05) is 92.5 Å². The van der Waals surface area contributed by atoms with E-state index >= 15 is 0 Å². The number of carboxylic acid groups (broad SMARTS) is 3. The van der Waals surface area contributed by atoms with Crippen LogP contribution in [-0.4, -0.2) is 131 Å². The van der Waals surface area contributed by atoms with Crippen molar-refractivity contribution in [2.75, 3.05) is 6.54 Å². The Morgan fingerprint density at radius 3 is 1.46 bits per heavy atom. The lowest BCUT2D eigenvalue weighted by atomic mass is 10.0. The van der Waals surface area contributed by atoms with Crippen molar-refractivity contribution in [2.24, 2.45) is 17.2 Å². The van der Waals surface area contributed by atoms with Crippen molar-refractivity contribution in [3.8, 4) is 0 Å². The number of para-hydroxylation sites is 2. The van der Waals surface area contributed by atoms with Gasteiger partial charge in [-0.2, -0.15) is 0 Å². The van der Waals surface area contributed by atoms with Crippen molar-refractivity contribution in [2.45, 2.75) is 109 Å². The van der Waals surface area contributed by atoms with Crippen LogP contribution in [0.15, 0.2) is 104 Å². The van der Waals surface area contributed by atoms with Crippen molar-refractivity contribution in [3.63, 3.8) is 0 Å². The molecule has 76 heavy (non-hydrogen) atoms. The van der Waals surface area contributed by atoms with E-state index in [9.17, 15) is 28.8 Å². The number of nitrogens with one attached hydrogen (secondary N) is 8. The smallest absolute Gasteiger partial charge is 0.300 e. The highest BCUT2D eigenvalue weighted by Crippen LogP contribution is 2.21. The molecule has 0 fully saturated rings. The molecule has 0 aliphatic rings. The fourth-order valence-electron chi connectivity index (χ4n) is 7.52. The Labute approximate surface area is 437 Å². The van der Waals surface area contributed by atoms with Crippen molar-refractivity contribution in [1.29, 1.82) is 0 Å². The van der Waals surface area contributed by atoms with Crippen molar-refractivity contribution < 1.29 is 58.5 Å². The number of rotatable bonds is 23. The number of primary amides is 1. The fourth-order valence-corrected chi connectivity index (χ4v) is 7.52. The Balaban J connectivity index is 0.00000115. The van der Waals surface area contributed by atoms with Gasteiger partial charge in [-0.3, -0.25) is 43.2 Å². The van der Waals surface area contributed by atoms with Crippen LogP contribution in [0.5, 0.6) is 0 Å². The number of aromatic nitrogens is 4. The quantitative estimate of drug-likeness (QED) is 0.0402. The van der Waals surface area contributed by atoms with Gasteiger partial charge in [0.05, 0.1) is 12.4 Å². The number of hydrogen-bond donors (Lipinski definition) is 14. The lowest BCUT2D eigenvalue weighted by molar-refractivity contribution is -0.135. The largest absolute Gasteiger partial charge is 0.481 e. The number of nitrogens with two attached hydrogens (primary N) is 3. The normalized spacial score (nSPS) is 12.9. The third-order valence-electron chi connectivity index (χ3n) is 11.1. The molecule has 0 aliphatic carbocycles. The highest BCUT2D eigenvalue weighted by Gasteiger charge is 2.33. The molecule has 0 radical (unpaired) electrons. The summed E-state index contributed by atoms with van der Waals surface area (Å²) in [6.07, 6.45) is 8.21. The Hall–Kier alpha value is -8.90. The van der Waals surface area contributed by atoms with Gasteiger partial charge in [-0.15, -0.1) is 0 Å². The molecule has 24 heteroatoms. The second kappa shape index (κ2) is 31.6. The molecule has 0 saturated heterocycles. The topological polar surface area (TPSA) is 413 Å². The number of amides is 6. The van der Waals surface area contributed by atoms with Crippen LogP contribution in [0.3, 0.4) is 0 Å². The Bertz CT molecular complexity index is 2810. The highest BCUT2D eigenvalue weighted by atomic mass is 16.4. The van der Waals surface area contributed by atoms with Gasteiger partial charge < -0.3 is 74.1 Å². The zero-order valence-electron chi connectivity index (χ0n) is 42.6. The van der Waals surface area contributed by atoms with E-state index in [0.29, 0.717) is 30.6 Å². The zero-order chi connectivity index (χ0) is 56.3. The summed E-state index contributed by atoms with van der Waals surface area (Å²) in [5, 5.41) is 37.7. The molecule has 6 aromatic rings. The van der Waals surface area contributed by atoms with Crippen LogP contribution in [-0.2, 0) is 68.8 Å². The first kappa shape index (κ1) is 61.4. The van der Waals surface area contributed by atoms with Crippen molar-refractivity contribution in [3.05, 3.63) is 126 Å². The molecular formula is C52H68N12O12. The molecule has 408 valence electrons. The minimum absolute atomic E-state index is 0.00159. The standard InChI is InChI=1S/C46H56N12O6.3C2H4O2/c1-27(54-44(62)39(20-29-23-51-35-15-7-5-13-32(29)35)57-43(61)34(48)22-31-25-50-26-53-31)42(60)56-40(21-30-24-52-36-16-8-6-14-33(30)36)46(64)58-38(19-28-11-3-2-4-12-28)45(63)55-37(41(49)59)17-9-10-18-47;3*1-2(3)4/h2-8,11-16,23-27,34,37-40,51-52H,9-10,17-22,47-48H2,1H3,(H2,49,59)(H,50,53)(H,54,62)(H,55,63)(H,56,60)(H,57,61)(H,58,64);3*1H3,(H,3,4)/t27-,34-,37-,38+,39+,40-;;;/m0.../s1. The van der Waals surface area contributed by atoms with Gasteiger partial charge in [-0.1, -0.05) is 66.7 Å². The molecule has 0 aliphatic heterocycles. The number of imidazole rings is 1. The molecule has 6 amide bonds. The minimum Gasteiger partial charge on any atom is -0.481 e. The van der Waals surface area contributed by atoms with Crippen LogP contribution >= 0.6 is 0 Å².